The summed E-state index contributed by atoms with van der Waals surface area (Å²) in [5.74, 6) is 3.29. The van der Waals surface area contributed by atoms with Crippen LogP contribution in [0.4, 0.5) is 0 Å². The van der Waals surface area contributed by atoms with Gasteiger partial charge < -0.3 is 37.9 Å². The van der Waals surface area contributed by atoms with Gasteiger partial charge in [0.05, 0.1) is 30.1 Å². The quantitative estimate of drug-likeness (QED) is 0.0885. The van der Waals surface area contributed by atoms with E-state index in [4.69, 9.17) is 37.9 Å². The lowest BCUT2D eigenvalue weighted by Gasteiger charge is -2.36. The first-order chi connectivity index (χ1) is 48.4. The molecule has 0 saturated carbocycles. The first kappa shape index (κ1) is 56.3. The van der Waals surface area contributed by atoms with Crippen LogP contribution in [0.5, 0.6) is 23.0 Å². The highest BCUT2D eigenvalue weighted by Crippen LogP contribution is 2.62. The van der Waals surface area contributed by atoms with Gasteiger partial charge in [0, 0.05) is 6.42 Å². The fraction of sp³-hybridized carbons (Fsp3) is 0.156. The number of benzene rings is 15. The van der Waals surface area contributed by atoms with Crippen LogP contribution in [-0.4, -0.2) is 69.8 Å². The lowest BCUT2D eigenvalue weighted by atomic mass is 9.65. The van der Waals surface area contributed by atoms with Crippen molar-refractivity contribution in [3.8, 4) is 45.3 Å². The molecule has 98 heavy (non-hydrogen) atoms. The number of epoxide rings is 3. The van der Waals surface area contributed by atoms with Crippen molar-refractivity contribution in [2.45, 2.75) is 54.1 Å². The van der Waals surface area contributed by atoms with Crippen LogP contribution in [0, 0.1) is 0 Å². The van der Waals surface area contributed by atoms with Crippen molar-refractivity contribution < 1.29 is 37.9 Å². The lowest BCUT2D eigenvalue weighted by Crippen LogP contribution is -2.45. The molecule has 21 rings (SSSR count). The third-order valence-electron chi connectivity index (χ3n) is 21.9. The van der Waals surface area contributed by atoms with E-state index in [1.165, 1.54) is 99.1 Å². The van der Waals surface area contributed by atoms with Crippen LogP contribution < -0.4 is 18.9 Å². The van der Waals surface area contributed by atoms with Crippen molar-refractivity contribution in [3.63, 3.8) is 0 Å². The van der Waals surface area contributed by atoms with Gasteiger partial charge in [-0.2, -0.15) is 0 Å². The summed E-state index contributed by atoms with van der Waals surface area (Å²) in [5.41, 5.74) is 13.8. The molecule has 4 saturated heterocycles. The number of fused-ring (bicyclic) bond motifs is 16. The molecular formula is C90H64O8. The molecule has 15 aromatic carbocycles. The summed E-state index contributed by atoms with van der Waals surface area (Å²) < 4.78 is 49.0. The van der Waals surface area contributed by atoms with E-state index in [1.54, 1.807) is 0 Å². The van der Waals surface area contributed by atoms with E-state index >= 15 is 0 Å². The van der Waals surface area contributed by atoms with Gasteiger partial charge in [-0.05, 0) is 215 Å². The molecular weight excluding hydrogens is 1210 g/mol. The maximum atomic E-state index is 6.59. The molecule has 0 bridgehead atoms. The van der Waals surface area contributed by atoms with E-state index in [0.29, 0.717) is 19.8 Å². The van der Waals surface area contributed by atoms with Crippen LogP contribution in [-0.2, 0) is 29.8 Å². The van der Waals surface area contributed by atoms with E-state index in [0.717, 1.165) is 85.7 Å². The lowest BCUT2D eigenvalue weighted by molar-refractivity contribution is -0.222. The van der Waals surface area contributed by atoms with Crippen molar-refractivity contribution in [1.29, 1.82) is 0 Å². The molecule has 0 N–H and O–H groups in total. The Morgan fingerprint density at radius 1 is 0.316 bits per heavy atom. The van der Waals surface area contributed by atoms with Gasteiger partial charge in [-0.15, -0.1) is 0 Å². The smallest absolute Gasteiger partial charge is 0.202 e. The predicted molar refractivity (Wildman–Crippen MR) is 389 cm³/mol. The number of hydrogen-bond donors (Lipinski definition) is 0. The Kier molecular flexibility index (Phi) is 12.6. The van der Waals surface area contributed by atoms with Crippen molar-refractivity contribution in [2.24, 2.45) is 0 Å². The molecule has 8 heteroatoms. The van der Waals surface area contributed by atoms with Gasteiger partial charge in [0.15, 0.2) is 0 Å². The topological polar surface area (TPSA) is 83.7 Å². The third-order valence-corrected chi connectivity index (χ3v) is 21.9. The molecule has 4 fully saturated rings. The zero-order valence-corrected chi connectivity index (χ0v) is 53.5. The fourth-order valence-corrected chi connectivity index (χ4v) is 17.0. The Labute approximate surface area is 566 Å². The molecule has 7 atom stereocenters. The van der Waals surface area contributed by atoms with Gasteiger partial charge in [0.25, 0.3) is 0 Å². The second-order valence-electron chi connectivity index (χ2n) is 27.5. The Morgan fingerprint density at radius 3 is 1.14 bits per heavy atom. The fourth-order valence-electron chi connectivity index (χ4n) is 17.0. The average molecular weight is 1270 g/mol. The van der Waals surface area contributed by atoms with Crippen molar-refractivity contribution >= 4 is 75.4 Å². The normalized spacial score (nSPS) is 21.2. The monoisotopic (exact) mass is 1270 g/mol. The Hall–Kier alpha value is -10.8. The summed E-state index contributed by atoms with van der Waals surface area (Å²) in [4.78, 5) is 0. The maximum absolute atomic E-state index is 6.59. The van der Waals surface area contributed by atoms with Crippen molar-refractivity contribution in [3.05, 3.63) is 324 Å². The zero-order valence-electron chi connectivity index (χ0n) is 53.5. The summed E-state index contributed by atoms with van der Waals surface area (Å²) in [6, 6.07) is 103. The van der Waals surface area contributed by atoms with Crippen LogP contribution in [0.1, 0.15) is 50.9 Å². The van der Waals surface area contributed by atoms with Crippen molar-refractivity contribution in [1.82, 2.24) is 0 Å². The highest BCUT2D eigenvalue weighted by atomic mass is 16.7. The largest absolute Gasteiger partial charge is 0.491 e. The van der Waals surface area contributed by atoms with Crippen LogP contribution in [0.3, 0.4) is 0 Å². The minimum atomic E-state index is -0.683. The van der Waals surface area contributed by atoms with Gasteiger partial charge in [0.1, 0.15) is 67.2 Å². The summed E-state index contributed by atoms with van der Waals surface area (Å²) in [7, 11) is 0. The minimum absolute atomic E-state index is 0.0563. The molecule has 8 nitrogen and oxygen atoms in total. The molecule has 6 aliphatic rings. The second-order valence-corrected chi connectivity index (χ2v) is 27.5. The first-order valence-electron chi connectivity index (χ1n) is 34.4. The first-order valence-corrected chi connectivity index (χ1v) is 34.4. The van der Waals surface area contributed by atoms with Crippen LogP contribution in [0.2, 0.25) is 0 Å². The van der Waals surface area contributed by atoms with E-state index in [2.05, 4.69) is 279 Å². The van der Waals surface area contributed by atoms with E-state index < -0.39 is 10.8 Å². The molecule has 0 spiro atoms. The van der Waals surface area contributed by atoms with E-state index in [1.807, 2.05) is 0 Å². The second kappa shape index (κ2) is 21.8. The minimum Gasteiger partial charge on any atom is -0.491 e. The number of rotatable bonds is 16. The van der Waals surface area contributed by atoms with E-state index in [-0.39, 0.29) is 36.8 Å². The van der Waals surface area contributed by atoms with Gasteiger partial charge in [-0.1, -0.05) is 206 Å². The van der Waals surface area contributed by atoms with Gasteiger partial charge >= 0.3 is 0 Å². The van der Waals surface area contributed by atoms with Gasteiger partial charge in [-0.3, -0.25) is 0 Å². The predicted octanol–water partition coefficient (Wildman–Crippen LogP) is 19.4. The summed E-state index contributed by atoms with van der Waals surface area (Å²) in [5, 5.41) is 16.5. The average Bonchev–Trinajstić information content (AvgIpc) is 1.52. The summed E-state index contributed by atoms with van der Waals surface area (Å²) in [6.45, 7) is 3.09. The molecule has 472 valence electrons. The molecule has 0 amide bonds. The third kappa shape index (κ3) is 8.98. The molecule has 4 heterocycles. The number of hydrogen-bond acceptors (Lipinski definition) is 8. The van der Waals surface area contributed by atoms with Crippen LogP contribution in [0.25, 0.3) is 97.7 Å². The Balaban J connectivity index is 0.537. The summed E-state index contributed by atoms with van der Waals surface area (Å²) in [6.07, 6.45) is 0.531. The van der Waals surface area contributed by atoms with Crippen molar-refractivity contribution in [2.75, 3.05) is 33.0 Å². The van der Waals surface area contributed by atoms with Crippen LogP contribution >= 0.6 is 0 Å². The van der Waals surface area contributed by atoms with Gasteiger partial charge in [0.2, 0.25) is 6.29 Å². The molecule has 0 aromatic heterocycles. The Morgan fingerprint density at radius 2 is 0.673 bits per heavy atom. The molecule has 0 radical (unpaired) electrons. The standard InChI is InChI=1S/C90H64O8/c1-4-12-74-53(9-1)25-36-78-77-15-7-8-16-81(77)89(85(74)78,64-28-17-60-43-68(32-21-56(60)39-64)91-48-72-50-93-72)65-29-18-61-45-70(34-23-57(61)40-65)95-52-83-88(98-83)82-47-84(97-82)96-71-35-24-59-42-67(31-20-63(59)46-71)90(66-30-19-62-44-69(33-22-58(62)41-66)92-49-73-51-94-73)86-75-13-5-2-10-54(75)26-37-79(86)80-38-27-55-11-3-6-14-76(55)87(80)90/h1-46,72-73,82-84,88H,47-52H2. The zero-order chi connectivity index (χ0) is 64.2. The highest BCUT2D eigenvalue weighted by molar-refractivity contribution is 6.08. The SMILES string of the molecule is c1ccc2c(c1)-c1ccc3ccccc3c1C2(c1ccc2cc(OCC3CO3)ccc2c1)c1ccc2cc(OCC3OC3C3CC(Oc4ccc5cc(C6(c7ccc8cc(OCC9CO9)ccc8c7)c7c(ccc8ccccc78)-c7ccc8ccccc8c76)ccc5c4)O3)ccc2c1. The van der Waals surface area contributed by atoms with E-state index in [9.17, 15) is 0 Å². The molecule has 7 unspecified atom stereocenters. The number of ether oxygens (including phenoxy) is 8. The highest BCUT2D eigenvalue weighted by Gasteiger charge is 2.53. The Bertz CT molecular complexity index is 5740. The summed E-state index contributed by atoms with van der Waals surface area (Å²) >= 11 is 0. The maximum Gasteiger partial charge on any atom is 0.202 e. The molecule has 4 aliphatic heterocycles. The van der Waals surface area contributed by atoms with Gasteiger partial charge in [-0.25, -0.2) is 0 Å². The molecule has 2 aliphatic carbocycles. The van der Waals surface area contributed by atoms with Crippen LogP contribution in [0.15, 0.2) is 279 Å². The molecule has 15 aromatic rings.